The van der Waals surface area contributed by atoms with Gasteiger partial charge in [0, 0.05) is 49.2 Å². The molecule has 34 heavy (non-hydrogen) atoms. The fourth-order valence-corrected chi connectivity index (χ4v) is 4.56. The summed E-state index contributed by atoms with van der Waals surface area (Å²) in [6.45, 7) is 1.51. The molecule has 1 aliphatic rings. The van der Waals surface area contributed by atoms with Gasteiger partial charge in [-0.15, -0.1) is 10.2 Å². The molecule has 4 rings (SSSR count). The third-order valence-electron chi connectivity index (χ3n) is 5.47. The Morgan fingerprint density at radius 2 is 1.88 bits per heavy atom. The van der Waals surface area contributed by atoms with Gasteiger partial charge in [-0.3, -0.25) is 19.4 Å². The van der Waals surface area contributed by atoms with Crippen molar-refractivity contribution < 1.29 is 14.4 Å². The molecule has 0 bridgehead atoms. The molecule has 1 saturated heterocycles. The van der Waals surface area contributed by atoms with Crippen molar-refractivity contribution in [2.24, 2.45) is 5.92 Å². The van der Waals surface area contributed by atoms with E-state index in [1.807, 2.05) is 12.1 Å². The highest BCUT2D eigenvalue weighted by atomic mass is 35.5. The maximum Gasteiger partial charge on any atom is 0.286 e. The number of carbonyl (C=O) groups is 3. The Balaban J connectivity index is 1.24. The Morgan fingerprint density at radius 1 is 1.09 bits per heavy atom. The van der Waals surface area contributed by atoms with E-state index in [1.54, 1.807) is 41.6 Å². The molecule has 11 heteroatoms. The van der Waals surface area contributed by atoms with Crippen molar-refractivity contribution in [1.29, 1.82) is 0 Å². The predicted molar refractivity (Wildman–Crippen MR) is 129 cm³/mol. The zero-order valence-corrected chi connectivity index (χ0v) is 19.8. The summed E-state index contributed by atoms with van der Waals surface area (Å²) in [5.41, 5.74) is 1.49. The summed E-state index contributed by atoms with van der Waals surface area (Å²) >= 11 is 6.89. The maximum absolute atomic E-state index is 12.8. The third kappa shape index (κ3) is 6.36. The topological polar surface area (TPSA) is 117 Å². The minimum absolute atomic E-state index is 0.00638. The first-order valence-electron chi connectivity index (χ1n) is 10.8. The molecule has 3 aromatic rings. The molecule has 3 heterocycles. The number of hydrogen-bond acceptors (Lipinski definition) is 7. The van der Waals surface area contributed by atoms with Gasteiger partial charge in [0.25, 0.3) is 11.8 Å². The van der Waals surface area contributed by atoms with Crippen LogP contribution in [0.4, 0.5) is 5.69 Å². The number of nitrogens with one attached hydrogen (secondary N) is 2. The molecule has 0 aliphatic carbocycles. The standard InChI is InChI=1S/C23H23ClN6O3S/c24-17-4-1-5-18(12-17)27-20(32)21-28-29-22(34-21)23(33)30-9-6-15(7-10-30)11-19(31)26-14-16-3-2-8-25-13-16/h1-5,8,12-13,15H,6-7,9-11,14H2,(H,26,31)(H,27,32). The van der Waals surface area contributed by atoms with Gasteiger partial charge in [0.2, 0.25) is 15.9 Å². The molecule has 1 aromatic carbocycles. The molecular formula is C23H23ClN6O3S. The van der Waals surface area contributed by atoms with Gasteiger partial charge in [0.05, 0.1) is 0 Å². The molecule has 0 unspecified atom stereocenters. The SMILES string of the molecule is O=C(CC1CCN(C(=O)c2nnc(C(=O)Nc3cccc(Cl)c3)s2)CC1)NCc1cccnc1. The number of amides is 3. The van der Waals surface area contributed by atoms with E-state index >= 15 is 0 Å². The van der Waals surface area contributed by atoms with Crippen LogP contribution in [0.25, 0.3) is 0 Å². The van der Waals surface area contributed by atoms with Crippen molar-refractivity contribution in [3.8, 4) is 0 Å². The zero-order valence-electron chi connectivity index (χ0n) is 18.2. The second kappa shape index (κ2) is 11.2. The fraction of sp³-hybridized carbons (Fsp3) is 0.304. The monoisotopic (exact) mass is 498 g/mol. The minimum Gasteiger partial charge on any atom is -0.352 e. The molecule has 2 aromatic heterocycles. The van der Waals surface area contributed by atoms with Crippen molar-refractivity contribution in [3.63, 3.8) is 0 Å². The second-order valence-corrected chi connectivity index (χ2v) is 9.37. The van der Waals surface area contributed by atoms with Gasteiger partial charge >= 0.3 is 0 Å². The zero-order chi connectivity index (χ0) is 23.9. The van der Waals surface area contributed by atoms with E-state index in [4.69, 9.17) is 11.6 Å². The predicted octanol–water partition coefficient (Wildman–Crippen LogP) is 3.40. The molecule has 1 fully saturated rings. The van der Waals surface area contributed by atoms with Crippen LogP contribution in [-0.4, -0.2) is 50.9 Å². The van der Waals surface area contributed by atoms with E-state index in [9.17, 15) is 14.4 Å². The van der Waals surface area contributed by atoms with E-state index in [-0.39, 0.29) is 27.7 Å². The number of halogens is 1. The maximum atomic E-state index is 12.8. The average Bonchev–Trinajstić information content (AvgIpc) is 3.34. The first kappa shape index (κ1) is 23.8. The van der Waals surface area contributed by atoms with Crippen LogP contribution in [-0.2, 0) is 11.3 Å². The minimum atomic E-state index is -0.449. The summed E-state index contributed by atoms with van der Waals surface area (Å²) in [7, 11) is 0. The number of piperidine rings is 1. The number of benzene rings is 1. The van der Waals surface area contributed by atoms with E-state index in [2.05, 4.69) is 25.8 Å². The van der Waals surface area contributed by atoms with E-state index in [1.165, 1.54) is 0 Å². The Kier molecular flexibility index (Phi) is 7.81. The number of aromatic nitrogens is 3. The third-order valence-corrected chi connectivity index (χ3v) is 6.62. The summed E-state index contributed by atoms with van der Waals surface area (Å²) < 4.78 is 0. The van der Waals surface area contributed by atoms with E-state index < -0.39 is 5.91 Å². The van der Waals surface area contributed by atoms with E-state index in [0.29, 0.717) is 36.8 Å². The van der Waals surface area contributed by atoms with Crippen LogP contribution in [0.3, 0.4) is 0 Å². The highest BCUT2D eigenvalue weighted by molar-refractivity contribution is 7.15. The van der Waals surface area contributed by atoms with Gasteiger partial charge in [-0.05, 0) is 48.6 Å². The first-order chi connectivity index (χ1) is 16.5. The van der Waals surface area contributed by atoms with Crippen molar-refractivity contribution in [3.05, 3.63) is 69.4 Å². The molecule has 1 aliphatic heterocycles. The van der Waals surface area contributed by atoms with Crippen LogP contribution >= 0.6 is 22.9 Å². The molecule has 0 saturated carbocycles. The molecule has 9 nitrogen and oxygen atoms in total. The lowest BCUT2D eigenvalue weighted by atomic mass is 9.93. The van der Waals surface area contributed by atoms with Crippen molar-refractivity contribution >= 4 is 46.3 Å². The van der Waals surface area contributed by atoms with Crippen LogP contribution in [0.5, 0.6) is 0 Å². The Morgan fingerprint density at radius 3 is 2.62 bits per heavy atom. The number of pyridine rings is 1. The molecule has 0 atom stereocenters. The summed E-state index contributed by atoms with van der Waals surface area (Å²) in [5, 5.41) is 14.2. The van der Waals surface area contributed by atoms with Crippen molar-refractivity contribution in [2.75, 3.05) is 18.4 Å². The van der Waals surface area contributed by atoms with E-state index in [0.717, 1.165) is 29.7 Å². The molecule has 3 amide bonds. The lowest BCUT2D eigenvalue weighted by Crippen LogP contribution is -2.39. The van der Waals surface area contributed by atoms with Gasteiger partial charge in [-0.2, -0.15) is 0 Å². The van der Waals surface area contributed by atoms with Crippen LogP contribution in [0.2, 0.25) is 5.02 Å². The molecule has 0 spiro atoms. The Bertz CT molecular complexity index is 1160. The average molecular weight is 499 g/mol. The van der Waals surface area contributed by atoms with Crippen molar-refractivity contribution in [1.82, 2.24) is 25.4 Å². The second-order valence-electron chi connectivity index (χ2n) is 7.95. The quantitative estimate of drug-likeness (QED) is 0.515. The van der Waals surface area contributed by atoms with Crippen LogP contribution < -0.4 is 10.6 Å². The highest BCUT2D eigenvalue weighted by Crippen LogP contribution is 2.23. The van der Waals surface area contributed by atoms with Crippen LogP contribution in [0.15, 0.2) is 48.8 Å². The number of likely N-dealkylation sites (tertiary alicyclic amines) is 1. The Hall–Kier alpha value is -3.37. The molecule has 2 N–H and O–H groups in total. The molecular weight excluding hydrogens is 476 g/mol. The van der Waals surface area contributed by atoms with Crippen molar-refractivity contribution in [2.45, 2.75) is 25.8 Å². The van der Waals surface area contributed by atoms with Gasteiger partial charge in [0.15, 0.2) is 0 Å². The van der Waals surface area contributed by atoms with Crippen LogP contribution in [0.1, 0.15) is 44.4 Å². The van der Waals surface area contributed by atoms with Crippen LogP contribution in [0, 0.1) is 5.92 Å². The largest absolute Gasteiger partial charge is 0.352 e. The summed E-state index contributed by atoms with van der Waals surface area (Å²) in [4.78, 5) is 43.2. The van der Waals surface area contributed by atoms with Gasteiger partial charge in [0.1, 0.15) is 0 Å². The normalized spacial score (nSPS) is 14.0. The Labute approximate surface area is 205 Å². The lowest BCUT2D eigenvalue weighted by molar-refractivity contribution is -0.122. The number of nitrogens with zero attached hydrogens (tertiary/aromatic N) is 4. The van der Waals surface area contributed by atoms with Gasteiger partial charge in [-0.25, -0.2) is 0 Å². The fourth-order valence-electron chi connectivity index (χ4n) is 3.67. The first-order valence-corrected chi connectivity index (χ1v) is 12.0. The smallest absolute Gasteiger partial charge is 0.286 e. The number of rotatable bonds is 7. The number of anilines is 1. The highest BCUT2D eigenvalue weighted by Gasteiger charge is 2.28. The summed E-state index contributed by atoms with van der Waals surface area (Å²) in [5.74, 6) is -0.492. The lowest BCUT2D eigenvalue weighted by Gasteiger charge is -2.31. The number of carbonyl (C=O) groups excluding carboxylic acids is 3. The van der Waals surface area contributed by atoms with Gasteiger partial charge < -0.3 is 15.5 Å². The number of hydrogen-bond donors (Lipinski definition) is 2. The molecule has 0 radical (unpaired) electrons. The molecule has 176 valence electrons. The van der Waals surface area contributed by atoms with Gasteiger partial charge in [-0.1, -0.05) is 35.1 Å². The summed E-state index contributed by atoms with van der Waals surface area (Å²) in [6.07, 6.45) is 5.30. The summed E-state index contributed by atoms with van der Waals surface area (Å²) in [6, 6.07) is 10.5.